The molecule has 1 aliphatic heterocycles. The van der Waals surface area contributed by atoms with Gasteiger partial charge in [0.05, 0.1) is 36.2 Å². The van der Waals surface area contributed by atoms with Crippen molar-refractivity contribution >= 4 is 51.7 Å². The number of benzene rings is 1. The molecule has 0 bridgehead atoms. The van der Waals surface area contributed by atoms with E-state index in [0.29, 0.717) is 53.3 Å². The van der Waals surface area contributed by atoms with Crippen LogP contribution in [0, 0.1) is 0 Å². The van der Waals surface area contributed by atoms with Crippen LogP contribution in [0.4, 0.5) is 11.5 Å². The normalized spacial score (nSPS) is 13.5. The maximum absolute atomic E-state index is 13.7. The van der Waals surface area contributed by atoms with E-state index in [9.17, 15) is 9.59 Å². The Kier molecular flexibility index (Phi) is 7.83. The number of hydrogen-bond donors (Lipinski definition) is 1. The molecule has 0 aliphatic carbocycles. The first-order valence-corrected chi connectivity index (χ1v) is 15.0. The molecule has 5 heterocycles. The highest BCUT2D eigenvalue weighted by atomic mass is 35.5. The van der Waals surface area contributed by atoms with Gasteiger partial charge in [-0.15, -0.1) is 11.3 Å². The molecule has 1 fully saturated rings. The van der Waals surface area contributed by atoms with E-state index >= 15 is 0 Å². The van der Waals surface area contributed by atoms with E-state index in [2.05, 4.69) is 15.3 Å². The van der Waals surface area contributed by atoms with Crippen molar-refractivity contribution in [1.29, 1.82) is 0 Å². The third kappa shape index (κ3) is 5.75. The molecule has 8 nitrogen and oxygen atoms in total. The molecule has 1 saturated heterocycles. The van der Waals surface area contributed by atoms with Crippen LogP contribution in [-0.2, 0) is 17.8 Å². The number of thiophene rings is 2. The summed E-state index contributed by atoms with van der Waals surface area (Å²) in [5.41, 5.74) is 3.28. The maximum atomic E-state index is 13.7. The smallest absolute Gasteiger partial charge is 0.280 e. The predicted octanol–water partition coefficient (Wildman–Crippen LogP) is 5.67. The highest BCUT2D eigenvalue weighted by molar-refractivity contribution is 7.16. The van der Waals surface area contributed by atoms with Gasteiger partial charge in [-0.1, -0.05) is 11.6 Å². The topological polar surface area (TPSA) is 81.4 Å². The summed E-state index contributed by atoms with van der Waals surface area (Å²) in [5.74, 6) is 0.204. The minimum absolute atomic E-state index is 0.169. The summed E-state index contributed by atoms with van der Waals surface area (Å²) in [4.78, 5) is 30.4. The van der Waals surface area contributed by atoms with Crippen molar-refractivity contribution in [2.75, 3.05) is 36.5 Å². The Labute approximate surface area is 244 Å². The lowest BCUT2D eigenvalue weighted by atomic mass is 10.1. The van der Waals surface area contributed by atoms with Crippen LogP contribution in [0.1, 0.15) is 20.8 Å². The molecule has 1 aromatic carbocycles. The molecule has 6 rings (SSSR count). The summed E-state index contributed by atoms with van der Waals surface area (Å²) in [7, 11) is 0. The van der Waals surface area contributed by atoms with Gasteiger partial charge in [0.2, 0.25) is 0 Å². The van der Waals surface area contributed by atoms with E-state index in [4.69, 9.17) is 16.3 Å². The van der Waals surface area contributed by atoms with Crippen LogP contribution in [0.3, 0.4) is 0 Å². The van der Waals surface area contributed by atoms with E-state index in [1.54, 1.807) is 34.2 Å². The summed E-state index contributed by atoms with van der Waals surface area (Å²) >= 11 is 9.17. The van der Waals surface area contributed by atoms with Gasteiger partial charge in [-0.3, -0.25) is 9.59 Å². The van der Waals surface area contributed by atoms with Gasteiger partial charge in [-0.2, -0.15) is 21.1 Å². The number of anilines is 2. The third-order valence-electron chi connectivity index (χ3n) is 6.69. The molecule has 0 radical (unpaired) electrons. The first kappa shape index (κ1) is 26.5. The number of halogens is 1. The van der Waals surface area contributed by atoms with Crippen LogP contribution in [0.2, 0.25) is 4.34 Å². The molecule has 11 heteroatoms. The van der Waals surface area contributed by atoms with Gasteiger partial charge in [0.15, 0.2) is 0 Å². The monoisotopic (exact) mass is 591 g/mol. The standard InChI is InChI=1S/C29H26ClN5O3S2/c30-26-8-7-23(40-26)17-31-27-16-25(24-2-1-10-34(29(24)37)18-20-9-15-39-19-20)32-35(27)28(36)21-3-5-22(6-4-21)33-11-13-38-14-12-33/h1-10,15-16,19,31H,11-14,17-18H2. The zero-order chi connectivity index (χ0) is 27.5. The molecule has 0 unspecified atom stereocenters. The summed E-state index contributed by atoms with van der Waals surface area (Å²) < 4.78 is 9.13. The van der Waals surface area contributed by atoms with Crippen LogP contribution in [0.25, 0.3) is 11.3 Å². The van der Waals surface area contributed by atoms with Gasteiger partial charge in [0.25, 0.3) is 11.5 Å². The molecule has 0 saturated carbocycles. The number of ether oxygens (including phenoxy) is 1. The van der Waals surface area contributed by atoms with E-state index in [1.807, 2.05) is 59.3 Å². The molecule has 40 heavy (non-hydrogen) atoms. The van der Waals surface area contributed by atoms with Crippen molar-refractivity contribution in [3.8, 4) is 11.3 Å². The molecule has 0 spiro atoms. The second-order valence-electron chi connectivity index (χ2n) is 9.32. The van der Waals surface area contributed by atoms with Crippen LogP contribution in [0.5, 0.6) is 0 Å². The first-order chi connectivity index (χ1) is 19.5. The Morgan fingerprint density at radius 2 is 1.90 bits per heavy atom. The van der Waals surface area contributed by atoms with Crippen molar-refractivity contribution in [1.82, 2.24) is 14.3 Å². The number of carbonyl (C=O) groups is 1. The predicted molar refractivity (Wildman–Crippen MR) is 161 cm³/mol. The average Bonchev–Trinajstić information content (AvgIpc) is 3.75. The van der Waals surface area contributed by atoms with Crippen LogP contribution < -0.4 is 15.8 Å². The van der Waals surface area contributed by atoms with Gasteiger partial charge in [-0.25, -0.2) is 0 Å². The quantitative estimate of drug-likeness (QED) is 0.250. The third-order valence-corrected chi connectivity index (χ3v) is 8.66. The Morgan fingerprint density at radius 3 is 2.62 bits per heavy atom. The molecule has 204 valence electrons. The number of hydrogen-bond acceptors (Lipinski definition) is 8. The number of aromatic nitrogens is 3. The minimum atomic E-state index is -0.291. The Hall–Kier alpha value is -3.70. The number of nitrogens with one attached hydrogen (secondary N) is 1. The van der Waals surface area contributed by atoms with Gasteiger partial charge >= 0.3 is 0 Å². The van der Waals surface area contributed by atoms with Gasteiger partial charge in [0, 0.05) is 41.5 Å². The lowest BCUT2D eigenvalue weighted by molar-refractivity contribution is 0.0948. The van der Waals surface area contributed by atoms with Crippen molar-refractivity contribution in [3.63, 3.8) is 0 Å². The minimum Gasteiger partial charge on any atom is -0.378 e. The van der Waals surface area contributed by atoms with Gasteiger partial charge in [-0.05, 0) is 70.9 Å². The number of carbonyl (C=O) groups excluding carboxylic acids is 1. The van der Waals surface area contributed by atoms with Crippen molar-refractivity contribution < 1.29 is 9.53 Å². The number of morpholine rings is 1. The molecular weight excluding hydrogens is 566 g/mol. The summed E-state index contributed by atoms with van der Waals surface area (Å²) in [5, 5.41) is 12.0. The van der Waals surface area contributed by atoms with Crippen molar-refractivity contribution in [2.24, 2.45) is 0 Å². The Balaban J connectivity index is 1.32. The highest BCUT2D eigenvalue weighted by Crippen LogP contribution is 2.25. The fourth-order valence-electron chi connectivity index (χ4n) is 4.61. The largest absolute Gasteiger partial charge is 0.378 e. The fraction of sp³-hybridized carbons (Fsp3) is 0.207. The summed E-state index contributed by atoms with van der Waals surface area (Å²) in [6.45, 7) is 3.94. The maximum Gasteiger partial charge on any atom is 0.280 e. The molecule has 1 aliphatic rings. The van der Waals surface area contributed by atoms with Crippen LogP contribution >= 0.6 is 34.3 Å². The zero-order valence-corrected chi connectivity index (χ0v) is 23.8. The zero-order valence-electron chi connectivity index (χ0n) is 21.5. The summed E-state index contributed by atoms with van der Waals surface area (Å²) in [6, 6.07) is 18.6. The second kappa shape index (κ2) is 11.8. The summed E-state index contributed by atoms with van der Waals surface area (Å²) in [6.07, 6.45) is 1.77. The van der Waals surface area contributed by atoms with E-state index in [0.717, 1.165) is 29.2 Å². The molecule has 5 aromatic rings. The lowest BCUT2D eigenvalue weighted by Gasteiger charge is -2.28. The van der Waals surface area contributed by atoms with E-state index in [-0.39, 0.29) is 11.5 Å². The number of rotatable bonds is 8. The van der Waals surface area contributed by atoms with Gasteiger partial charge in [0.1, 0.15) is 11.5 Å². The van der Waals surface area contributed by atoms with E-state index < -0.39 is 0 Å². The molecule has 0 amide bonds. The molecule has 0 atom stereocenters. The molecule has 1 N–H and O–H groups in total. The number of nitrogens with zero attached hydrogens (tertiary/aromatic N) is 4. The van der Waals surface area contributed by atoms with Crippen LogP contribution in [0.15, 0.2) is 82.4 Å². The van der Waals surface area contributed by atoms with Crippen LogP contribution in [-0.4, -0.2) is 46.6 Å². The van der Waals surface area contributed by atoms with Gasteiger partial charge < -0.3 is 19.5 Å². The second-order valence-corrected chi connectivity index (χ2v) is 11.9. The lowest BCUT2D eigenvalue weighted by Crippen LogP contribution is -2.36. The Morgan fingerprint density at radius 1 is 1.07 bits per heavy atom. The average molecular weight is 592 g/mol. The van der Waals surface area contributed by atoms with E-state index in [1.165, 1.54) is 16.0 Å². The number of pyridine rings is 1. The SMILES string of the molecule is O=C(c1ccc(N2CCOCC2)cc1)n1nc(-c2cccn(Cc3ccsc3)c2=O)cc1NCc1ccc(Cl)s1. The van der Waals surface area contributed by atoms with Crippen molar-refractivity contribution in [2.45, 2.75) is 13.1 Å². The molecular formula is C29H26ClN5O3S2. The molecule has 4 aromatic heterocycles. The fourth-order valence-corrected chi connectivity index (χ4v) is 6.30. The Bertz CT molecular complexity index is 1670. The highest BCUT2D eigenvalue weighted by Gasteiger charge is 2.20. The van der Waals surface area contributed by atoms with Crippen molar-refractivity contribution in [3.05, 3.63) is 108 Å². The first-order valence-electron chi connectivity index (χ1n) is 12.8.